The Kier molecular flexibility index (Phi) is 6.33. The maximum atomic E-state index is 12.7. The van der Waals surface area contributed by atoms with Gasteiger partial charge in [0.15, 0.2) is 5.60 Å². The van der Waals surface area contributed by atoms with Crippen LogP contribution in [0.2, 0.25) is 0 Å². The summed E-state index contributed by atoms with van der Waals surface area (Å²) < 4.78 is 5.44. The molecule has 1 unspecified atom stereocenters. The standard InChI is InChI=1S/C18H27O3S/c1-22(2)14-13-21-17(19)18(20,15-9-5-3-6-10-15)16-11-7-4-8-12-16/h3,5-6,9-10,16,20H,4,7-8,11-14H2,1-2H3/q+1. The second kappa shape index (κ2) is 8.02. The van der Waals surface area contributed by atoms with E-state index in [1.807, 2.05) is 30.3 Å². The van der Waals surface area contributed by atoms with Crippen molar-refractivity contribution in [3.63, 3.8) is 0 Å². The molecule has 4 heteroatoms. The molecule has 0 aromatic heterocycles. The molecule has 1 aromatic carbocycles. The zero-order valence-corrected chi connectivity index (χ0v) is 14.4. The van der Waals surface area contributed by atoms with Crippen molar-refractivity contribution in [1.29, 1.82) is 0 Å². The van der Waals surface area contributed by atoms with Crippen molar-refractivity contribution in [2.24, 2.45) is 5.92 Å². The molecule has 1 aromatic rings. The highest BCUT2D eigenvalue weighted by molar-refractivity contribution is 7.95. The summed E-state index contributed by atoms with van der Waals surface area (Å²) in [6, 6.07) is 9.30. The first kappa shape index (κ1) is 17.4. The lowest BCUT2D eigenvalue weighted by atomic mass is 9.73. The number of rotatable bonds is 6. The van der Waals surface area contributed by atoms with Gasteiger partial charge in [-0.1, -0.05) is 49.6 Å². The molecule has 3 nitrogen and oxygen atoms in total. The molecule has 0 saturated heterocycles. The van der Waals surface area contributed by atoms with E-state index in [1.165, 1.54) is 6.42 Å². The molecular formula is C18H27O3S+. The third-order valence-corrected chi connectivity index (χ3v) is 5.43. The summed E-state index contributed by atoms with van der Waals surface area (Å²) in [4.78, 5) is 12.7. The second-order valence-electron chi connectivity index (χ2n) is 6.29. The van der Waals surface area contributed by atoms with Crippen LogP contribution in [-0.4, -0.2) is 35.9 Å². The fraction of sp³-hybridized carbons (Fsp3) is 0.611. The topological polar surface area (TPSA) is 46.5 Å². The van der Waals surface area contributed by atoms with E-state index in [9.17, 15) is 9.90 Å². The van der Waals surface area contributed by atoms with Crippen LogP contribution in [-0.2, 0) is 26.0 Å². The lowest BCUT2D eigenvalue weighted by molar-refractivity contribution is -0.175. The summed E-state index contributed by atoms with van der Waals surface area (Å²) in [6.45, 7) is 0.386. The molecule has 1 N–H and O–H groups in total. The Bertz CT molecular complexity index is 468. The predicted octanol–water partition coefficient (Wildman–Crippen LogP) is 2.88. The molecule has 0 radical (unpaired) electrons. The van der Waals surface area contributed by atoms with Gasteiger partial charge in [-0.15, -0.1) is 0 Å². The normalized spacial score (nSPS) is 18.9. The molecule has 1 aliphatic carbocycles. The molecule has 2 rings (SSSR count). The zero-order chi connectivity index (χ0) is 16.0. The van der Waals surface area contributed by atoms with E-state index in [0.717, 1.165) is 31.4 Å². The van der Waals surface area contributed by atoms with Gasteiger partial charge >= 0.3 is 5.97 Å². The van der Waals surface area contributed by atoms with Crippen molar-refractivity contribution >= 4 is 16.9 Å². The van der Waals surface area contributed by atoms with E-state index in [0.29, 0.717) is 12.2 Å². The van der Waals surface area contributed by atoms with Gasteiger partial charge in [-0.2, -0.15) is 0 Å². The zero-order valence-electron chi connectivity index (χ0n) is 13.6. The molecule has 0 heterocycles. The van der Waals surface area contributed by atoms with Crippen molar-refractivity contribution in [1.82, 2.24) is 0 Å². The minimum atomic E-state index is -1.50. The highest BCUT2D eigenvalue weighted by Crippen LogP contribution is 2.40. The van der Waals surface area contributed by atoms with Crippen molar-refractivity contribution in [2.45, 2.75) is 37.7 Å². The summed E-state index contributed by atoms with van der Waals surface area (Å²) >= 11 is 0. The lowest BCUT2D eigenvalue weighted by Crippen LogP contribution is -2.45. The van der Waals surface area contributed by atoms with Crippen LogP contribution in [0.25, 0.3) is 0 Å². The molecule has 0 amide bonds. The van der Waals surface area contributed by atoms with Crippen LogP contribution in [0.15, 0.2) is 30.3 Å². The minimum Gasteiger partial charge on any atom is -0.458 e. The van der Waals surface area contributed by atoms with Crippen LogP contribution in [0.3, 0.4) is 0 Å². The molecule has 1 saturated carbocycles. The summed E-state index contributed by atoms with van der Waals surface area (Å²) in [5, 5.41) is 11.3. The Morgan fingerprint density at radius 1 is 1.23 bits per heavy atom. The molecular weight excluding hydrogens is 296 g/mol. The van der Waals surface area contributed by atoms with E-state index >= 15 is 0 Å². The first-order chi connectivity index (χ1) is 10.5. The highest BCUT2D eigenvalue weighted by Gasteiger charge is 2.47. The Balaban J connectivity index is 2.19. The number of esters is 1. The minimum absolute atomic E-state index is 0.0438. The van der Waals surface area contributed by atoms with E-state index in [4.69, 9.17) is 4.74 Å². The third-order valence-electron chi connectivity index (χ3n) is 4.45. The summed E-state index contributed by atoms with van der Waals surface area (Å²) in [7, 11) is 0.233. The summed E-state index contributed by atoms with van der Waals surface area (Å²) in [6.07, 6.45) is 9.33. The third kappa shape index (κ3) is 4.05. The second-order valence-corrected chi connectivity index (χ2v) is 8.67. The molecule has 0 aliphatic heterocycles. The van der Waals surface area contributed by atoms with Crippen LogP contribution >= 0.6 is 0 Å². The van der Waals surface area contributed by atoms with Crippen molar-refractivity contribution < 1.29 is 14.6 Å². The Hall–Kier alpha value is -1.00. The first-order valence-electron chi connectivity index (χ1n) is 8.04. The van der Waals surface area contributed by atoms with Crippen LogP contribution in [0.1, 0.15) is 37.7 Å². The maximum Gasteiger partial charge on any atom is 0.343 e. The molecule has 1 aliphatic rings. The number of carbonyl (C=O) groups is 1. The summed E-state index contributed by atoms with van der Waals surface area (Å²) in [5.41, 5.74) is -0.833. The number of hydrogen-bond donors (Lipinski definition) is 1. The van der Waals surface area contributed by atoms with Crippen LogP contribution in [0.4, 0.5) is 0 Å². The average molecular weight is 323 g/mol. The van der Waals surface area contributed by atoms with Gasteiger partial charge in [0.05, 0.1) is 12.5 Å². The highest BCUT2D eigenvalue weighted by atomic mass is 32.2. The first-order valence-corrected chi connectivity index (χ1v) is 10.3. The lowest BCUT2D eigenvalue weighted by Gasteiger charge is -2.36. The van der Waals surface area contributed by atoms with E-state index in [-0.39, 0.29) is 16.8 Å². The smallest absolute Gasteiger partial charge is 0.343 e. The van der Waals surface area contributed by atoms with E-state index < -0.39 is 11.6 Å². The van der Waals surface area contributed by atoms with Gasteiger partial charge in [0.25, 0.3) is 0 Å². The molecule has 0 bridgehead atoms. The molecule has 22 heavy (non-hydrogen) atoms. The van der Waals surface area contributed by atoms with E-state index in [2.05, 4.69) is 12.5 Å². The quantitative estimate of drug-likeness (QED) is 0.647. The molecule has 0 spiro atoms. The van der Waals surface area contributed by atoms with Gasteiger partial charge in [-0.3, -0.25) is 0 Å². The van der Waals surface area contributed by atoms with Gasteiger partial charge in [0.1, 0.15) is 12.4 Å². The molecule has 122 valence electrons. The molecule has 1 fully saturated rings. The van der Waals surface area contributed by atoms with Crippen molar-refractivity contribution in [3.05, 3.63) is 35.9 Å². The van der Waals surface area contributed by atoms with Gasteiger partial charge in [-0.05, 0) is 29.3 Å². The number of benzene rings is 1. The maximum absolute atomic E-state index is 12.7. The van der Waals surface area contributed by atoms with Gasteiger partial charge < -0.3 is 9.84 Å². The SMILES string of the molecule is C[S+](C)CCOC(=O)C(O)(c1ccccc1)C1CCCCC1. The fourth-order valence-electron chi connectivity index (χ4n) is 3.14. The van der Waals surface area contributed by atoms with Crippen LogP contribution < -0.4 is 0 Å². The number of ether oxygens (including phenoxy) is 1. The van der Waals surface area contributed by atoms with E-state index in [1.54, 1.807) is 0 Å². The van der Waals surface area contributed by atoms with Crippen molar-refractivity contribution in [3.8, 4) is 0 Å². The molecule has 1 atom stereocenters. The summed E-state index contributed by atoms with van der Waals surface area (Å²) in [5.74, 6) is 0.329. The Labute approximate surface area is 136 Å². The number of hydrogen-bond acceptors (Lipinski definition) is 3. The Morgan fingerprint density at radius 3 is 2.45 bits per heavy atom. The monoisotopic (exact) mass is 323 g/mol. The van der Waals surface area contributed by atoms with Gasteiger partial charge in [0, 0.05) is 5.92 Å². The van der Waals surface area contributed by atoms with Crippen LogP contribution in [0, 0.1) is 5.92 Å². The van der Waals surface area contributed by atoms with Crippen molar-refractivity contribution in [2.75, 3.05) is 24.9 Å². The Morgan fingerprint density at radius 2 is 1.86 bits per heavy atom. The van der Waals surface area contributed by atoms with Crippen LogP contribution in [0.5, 0.6) is 0 Å². The predicted molar refractivity (Wildman–Crippen MR) is 92.0 cm³/mol. The average Bonchev–Trinajstić information content (AvgIpc) is 2.55. The van der Waals surface area contributed by atoms with Gasteiger partial charge in [0.2, 0.25) is 0 Å². The van der Waals surface area contributed by atoms with Gasteiger partial charge in [-0.25, -0.2) is 4.79 Å². The number of aliphatic hydroxyl groups is 1. The fourth-order valence-corrected chi connectivity index (χ4v) is 3.56. The largest absolute Gasteiger partial charge is 0.458 e. The number of carbonyl (C=O) groups excluding carboxylic acids is 1.